The minimum Gasteiger partial charge on any atom is -0.433 e. The van der Waals surface area contributed by atoms with E-state index < -0.39 is 13.0 Å². The van der Waals surface area contributed by atoms with Gasteiger partial charge >= 0.3 is 13.0 Å². The molecule has 1 aliphatic rings. The van der Waals surface area contributed by atoms with Crippen LogP contribution in [-0.2, 0) is 14.1 Å². The molecule has 1 aromatic rings. The van der Waals surface area contributed by atoms with Gasteiger partial charge in [-0.3, -0.25) is 9.69 Å². The van der Waals surface area contributed by atoms with Gasteiger partial charge in [-0.15, -0.1) is 0 Å². The minimum absolute atomic E-state index is 0.0473. The Bertz CT molecular complexity index is 801. The number of carbonyl (C=O) groups is 2. The van der Waals surface area contributed by atoms with Crippen molar-refractivity contribution >= 4 is 42.2 Å². The molecule has 1 aromatic carbocycles. The fourth-order valence-corrected chi connectivity index (χ4v) is 3.24. The number of rotatable bonds is 6. The van der Waals surface area contributed by atoms with Crippen LogP contribution >= 0.6 is 18.2 Å². The Morgan fingerprint density at radius 1 is 1.35 bits per heavy atom. The van der Waals surface area contributed by atoms with E-state index in [9.17, 15) is 14.2 Å². The Kier molecular flexibility index (Phi) is 6.60. The van der Waals surface area contributed by atoms with Crippen molar-refractivity contribution in [2.24, 2.45) is 4.99 Å². The van der Waals surface area contributed by atoms with Crippen molar-refractivity contribution in [1.82, 2.24) is 4.90 Å². The van der Waals surface area contributed by atoms with Gasteiger partial charge in [0, 0.05) is 12.8 Å². The van der Waals surface area contributed by atoms with Gasteiger partial charge in [-0.1, -0.05) is 12.1 Å². The number of amidine groups is 1. The zero-order chi connectivity index (χ0) is 19.3. The molecule has 0 radical (unpaired) electrons. The smallest absolute Gasteiger partial charge is 0.433 e. The van der Waals surface area contributed by atoms with Gasteiger partial charge in [0.05, 0.1) is 0 Å². The summed E-state index contributed by atoms with van der Waals surface area (Å²) in [4.78, 5) is 46.3. The first-order valence-electron chi connectivity index (χ1n) is 7.35. The topological polar surface area (TPSA) is 126 Å². The van der Waals surface area contributed by atoms with Gasteiger partial charge in [0.15, 0.2) is 0 Å². The molecule has 11 heteroatoms. The van der Waals surface area contributed by atoms with Crippen LogP contribution < -0.4 is 4.74 Å². The Labute approximate surface area is 153 Å². The molecule has 0 aliphatic carbocycles. The molecule has 140 valence electrons. The van der Waals surface area contributed by atoms with Crippen molar-refractivity contribution < 1.29 is 33.4 Å². The van der Waals surface area contributed by atoms with Crippen LogP contribution in [0, 0.1) is 0 Å². The fraction of sp³-hybridized carbons (Fsp3) is 0.267. The lowest BCUT2D eigenvalue weighted by Crippen LogP contribution is -2.25. The lowest BCUT2D eigenvalue weighted by Gasteiger charge is -2.07. The molecule has 0 saturated carbocycles. The predicted octanol–water partition coefficient (Wildman–Crippen LogP) is 2.26. The highest BCUT2D eigenvalue weighted by Gasteiger charge is 2.23. The van der Waals surface area contributed by atoms with Crippen molar-refractivity contribution in [3.63, 3.8) is 0 Å². The number of nitrogens with zero attached hydrogens (tertiary/aromatic N) is 2. The second kappa shape index (κ2) is 8.50. The van der Waals surface area contributed by atoms with Crippen LogP contribution in [0.1, 0.15) is 12.5 Å². The summed E-state index contributed by atoms with van der Waals surface area (Å²) in [5.41, 5.74) is 1.03. The molecule has 0 unspecified atom stereocenters. The summed E-state index contributed by atoms with van der Waals surface area (Å²) in [6.45, 7) is -2.63. The second-order valence-electron chi connectivity index (χ2n) is 5.15. The molecule has 0 bridgehead atoms. The molecule has 2 rings (SSSR count). The standard InChI is InChI=1S/C15H17N2O7PS/c1-10-16-13(14(18)17(10)2)9-11-3-5-12(6-4-11)24-15(19)23-7-8-26-25(20,21)22/h3-6,9H,7-8H2,1-2H3,(H2,20,21,22)/b13-9-. The van der Waals surface area contributed by atoms with Crippen LogP contribution in [0.15, 0.2) is 35.0 Å². The van der Waals surface area contributed by atoms with Crippen LogP contribution in [0.3, 0.4) is 0 Å². The molecule has 26 heavy (non-hydrogen) atoms. The zero-order valence-corrected chi connectivity index (χ0v) is 15.7. The van der Waals surface area contributed by atoms with E-state index in [-0.39, 0.29) is 24.0 Å². The Morgan fingerprint density at radius 3 is 2.54 bits per heavy atom. The van der Waals surface area contributed by atoms with Crippen LogP contribution in [0.2, 0.25) is 0 Å². The van der Waals surface area contributed by atoms with E-state index in [4.69, 9.17) is 19.3 Å². The van der Waals surface area contributed by atoms with Crippen molar-refractivity contribution in [2.45, 2.75) is 6.92 Å². The van der Waals surface area contributed by atoms with Gasteiger partial charge in [-0.05, 0) is 42.1 Å². The van der Waals surface area contributed by atoms with Crippen molar-refractivity contribution in [3.05, 3.63) is 35.5 Å². The summed E-state index contributed by atoms with van der Waals surface area (Å²) in [6, 6.07) is 6.35. The molecule has 1 heterocycles. The maximum atomic E-state index is 11.9. The third-order valence-electron chi connectivity index (χ3n) is 3.24. The van der Waals surface area contributed by atoms with Crippen LogP contribution in [-0.4, -0.2) is 52.0 Å². The van der Waals surface area contributed by atoms with Gasteiger partial charge in [0.25, 0.3) is 5.91 Å². The molecule has 0 spiro atoms. The number of likely N-dealkylation sites (N-methyl/N-ethyl adjacent to an activating group) is 1. The van der Waals surface area contributed by atoms with Crippen molar-refractivity contribution in [2.75, 3.05) is 19.4 Å². The maximum Gasteiger partial charge on any atom is 0.513 e. The number of carbonyl (C=O) groups excluding carboxylic acids is 2. The molecule has 1 aliphatic heterocycles. The van der Waals surface area contributed by atoms with E-state index in [1.807, 2.05) is 0 Å². The molecular formula is C15H17N2O7PS. The zero-order valence-electron chi connectivity index (χ0n) is 14.0. The third-order valence-corrected chi connectivity index (χ3v) is 5.48. The van der Waals surface area contributed by atoms with Crippen LogP contribution in [0.5, 0.6) is 5.75 Å². The van der Waals surface area contributed by atoms with Gasteiger partial charge in [-0.25, -0.2) is 14.4 Å². The lowest BCUT2D eigenvalue weighted by molar-refractivity contribution is -0.121. The van der Waals surface area contributed by atoms with E-state index in [0.717, 1.165) is 0 Å². The first-order valence-corrected chi connectivity index (χ1v) is 10.6. The maximum absolute atomic E-state index is 11.9. The summed E-state index contributed by atoms with van der Waals surface area (Å²) in [5, 5.41) is 0. The van der Waals surface area contributed by atoms with Gasteiger partial charge < -0.3 is 19.3 Å². The number of amides is 1. The molecule has 0 fully saturated rings. The molecule has 1 amide bonds. The Morgan fingerprint density at radius 2 is 2.00 bits per heavy atom. The highest BCUT2D eigenvalue weighted by molar-refractivity contribution is 8.54. The predicted molar refractivity (Wildman–Crippen MR) is 96.8 cm³/mol. The normalized spacial score (nSPS) is 16.0. The van der Waals surface area contributed by atoms with Gasteiger partial charge in [0.1, 0.15) is 23.9 Å². The van der Waals surface area contributed by atoms with Crippen molar-refractivity contribution in [3.8, 4) is 5.75 Å². The number of benzene rings is 1. The molecule has 0 saturated heterocycles. The van der Waals surface area contributed by atoms with E-state index in [1.54, 1.807) is 32.2 Å². The summed E-state index contributed by atoms with van der Waals surface area (Å²) >= 11 is 0.385. The van der Waals surface area contributed by atoms with Crippen molar-refractivity contribution in [1.29, 1.82) is 0 Å². The average molecular weight is 400 g/mol. The first-order chi connectivity index (χ1) is 12.2. The second-order valence-corrected chi connectivity index (χ2v) is 9.00. The molecule has 0 aromatic heterocycles. The SMILES string of the molecule is CC1=N/C(=C\c2ccc(OC(=O)OCCSP(=O)(O)O)cc2)C(=O)N1C. The highest BCUT2D eigenvalue weighted by Crippen LogP contribution is 2.49. The minimum atomic E-state index is -4.18. The van der Waals surface area contributed by atoms with E-state index in [1.165, 1.54) is 17.0 Å². The Balaban J connectivity index is 1.87. The summed E-state index contributed by atoms with van der Waals surface area (Å²) in [7, 11) is 1.64. The highest BCUT2D eigenvalue weighted by atomic mass is 32.7. The lowest BCUT2D eigenvalue weighted by atomic mass is 10.2. The molecular weight excluding hydrogens is 383 g/mol. The number of hydrogen-bond donors (Lipinski definition) is 2. The van der Waals surface area contributed by atoms with Gasteiger partial charge in [-0.2, -0.15) is 0 Å². The summed E-state index contributed by atoms with van der Waals surface area (Å²) in [6.07, 6.45) is 0.645. The number of hydrogen-bond acceptors (Lipinski definition) is 7. The Hall–Kier alpha value is -2.13. The fourth-order valence-electron chi connectivity index (χ4n) is 1.91. The first kappa shape index (κ1) is 20.2. The van der Waals surface area contributed by atoms with Crippen LogP contribution in [0.4, 0.5) is 4.79 Å². The molecule has 2 N–H and O–H groups in total. The third kappa shape index (κ3) is 5.99. The van der Waals surface area contributed by atoms with E-state index >= 15 is 0 Å². The van der Waals surface area contributed by atoms with E-state index in [2.05, 4.69) is 4.99 Å². The number of ether oxygens (including phenoxy) is 2. The monoisotopic (exact) mass is 400 g/mol. The molecule has 9 nitrogen and oxygen atoms in total. The summed E-state index contributed by atoms with van der Waals surface area (Å²) in [5.74, 6) is 0.601. The van der Waals surface area contributed by atoms with E-state index in [0.29, 0.717) is 28.5 Å². The van der Waals surface area contributed by atoms with Gasteiger partial charge in [0.2, 0.25) is 0 Å². The average Bonchev–Trinajstić information content (AvgIpc) is 2.80. The quantitative estimate of drug-likeness (QED) is 0.245. The van der Waals surface area contributed by atoms with Crippen LogP contribution in [0.25, 0.3) is 6.08 Å². The summed E-state index contributed by atoms with van der Waals surface area (Å²) < 4.78 is 20.3. The largest absolute Gasteiger partial charge is 0.513 e. The molecule has 0 atom stereocenters. The number of aliphatic imine (C=N–C) groups is 1.